The fourth-order valence-electron chi connectivity index (χ4n) is 1.59. The van der Waals surface area contributed by atoms with Crippen molar-refractivity contribution in [3.63, 3.8) is 0 Å². The zero-order chi connectivity index (χ0) is 15.8. The maximum atomic E-state index is 11.8. The van der Waals surface area contributed by atoms with Crippen LogP contribution in [0.5, 0.6) is 11.5 Å². The van der Waals surface area contributed by atoms with Gasteiger partial charge in [-0.2, -0.15) is 0 Å². The first kappa shape index (κ1) is 16.6. The zero-order valence-corrected chi connectivity index (χ0v) is 11.8. The van der Waals surface area contributed by atoms with E-state index >= 15 is 0 Å². The van der Waals surface area contributed by atoms with Crippen molar-refractivity contribution >= 4 is 17.7 Å². The van der Waals surface area contributed by atoms with E-state index in [1.54, 1.807) is 18.2 Å². The number of carboxylic acid groups (broad SMARTS) is 1. The number of urea groups is 1. The summed E-state index contributed by atoms with van der Waals surface area (Å²) in [6.45, 7) is -0.343. The third-order valence-electron chi connectivity index (χ3n) is 2.63. The monoisotopic (exact) mass is 298 g/mol. The van der Waals surface area contributed by atoms with E-state index in [1.165, 1.54) is 14.2 Å². The Hall–Kier alpha value is -2.48. The third kappa shape index (κ3) is 5.19. The van der Waals surface area contributed by atoms with Gasteiger partial charge >= 0.3 is 12.0 Å². The minimum atomic E-state index is -1.22. The Bertz CT molecular complexity index is 483. The summed E-state index contributed by atoms with van der Waals surface area (Å²) in [6.07, 6.45) is -0.0792. The molecule has 1 atom stereocenters. The molecule has 0 aromatic heterocycles. The van der Waals surface area contributed by atoms with Crippen LogP contribution < -0.4 is 20.1 Å². The lowest BCUT2D eigenvalue weighted by Gasteiger charge is -2.15. The number of ether oxygens (including phenoxy) is 2. The molecule has 1 aromatic rings. The van der Waals surface area contributed by atoms with E-state index in [0.717, 1.165) is 0 Å². The van der Waals surface area contributed by atoms with Crippen LogP contribution in [0.2, 0.25) is 0 Å². The smallest absolute Gasteiger partial charge is 0.326 e. The number of carboxylic acids is 1. The predicted octanol–water partition coefficient (Wildman–Crippen LogP) is 0.661. The lowest BCUT2D eigenvalue weighted by Crippen LogP contribution is -2.43. The number of nitrogens with one attached hydrogen (secondary N) is 2. The summed E-state index contributed by atoms with van der Waals surface area (Å²) in [5.74, 6) is -0.257. The summed E-state index contributed by atoms with van der Waals surface area (Å²) >= 11 is 0. The van der Waals surface area contributed by atoms with Crippen molar-refractivity contribution in [2.24, 2.45) is 0 Å². The highest BCUT2D eigenvalue weighted by molar-refractivity contribution is 5.92. The largest absolute Gasteiger partial charge is 0.497 e. The van der Waals surface area contributed by atoms with Gasteiger partial charge in [0.15, 0.2) is 0 Å². The van der Waals surface area contributed by atoms with Gasteiger partial charge in [-0.05, 0) is 0 Å². The van der Waals surface area contributed by atoms with Crippen molar-refractivity contribution in [3.05, 3.63) is 18.2 Å². The summed E-state index contributed by atoms with van der Waals surface area (Å²) in [6, 6.07) is 2.89. The van der Waals surface area contributed by atoms with Crippen LogP contribution >= 0.6 is 0 Å². The number of anilines is 1. The number of carbonyl (C=O) groups is 2. The standard InChI is InChI=1S/C13H18N2O6/c1-20-9-5-8(6-10(7-9)21-2)14-13(19)15-11(3-4-16)12(17)18/h5-7,11,16H,3-4H2,1-2H3,(H,17,18)(H2,14,15,19). The molecule has 1 aromatic carbocycles. The first-order valence-electron chi connectivity index (χ1n) is 6.14. The van der Waals surface area contributed by atoms with E-state index in [2.05, 4.69) is 10.6 Å². The summed E-state index contributed by atoms with van der Waals surface area (Å²) in [5.41, 5.74) is 0.386. The van der Waals surface area contributed by atoms with Crippen molar-refractivity contribution in [1.29, 1.82) is 0 Å². The second kappa shape index (κ2) is 7.95. The molecular formula is C13H18N2O6. The molecule has 0 aliphatic rings. The van der Waals surface area contributed by atoms with Gasteiger partial charge in [-0.25, -0.2) is 9.59 Å². The van der Waals surface area contributed by atoms with Gasteiger partial charge in [0.05, 0.1) is 14.2 Å². The molecule has 0 saturated heterocycles. The van der Waals surface area contributed by atoms with Crippen LogP contribution in [0.4, 0.5) is 10.5 Å². The fraction of sp³-hybridized carbons (Fsp3) is 0.385. The molecule has 2 amide bonds. The SMILES string of the molecule is COc1cc(NC(=O)NC(CCO)C(=O)O)cc(OC)c1. The van der Waals surface area contributed by atoms with E-state index in [0.29, 0.717) is 17.2 Å². The van der Waals surface area contributed by atoms with Gasteiger partial charge in [0, 0.05) is 36.9 Å². The van der Waals surface area contributed by atoms with Gasteiger partial charge in [-0.1, -0.05) is 0 Å². The number of rotatable bonds is 7. The zero-order valence-electron chi connectivity index (χ0n) is 11.8. The highest BCUT2D eigenvalue weighted by Gasteiger charge is 2.19. The Labute approximate surface area is 121 Å². The maximum Gasteiger partial charge on any atom is 0.326 e. The van der Waals surface area contributed by atoms with Crippen LogP contribution in [0.1, 0.15) is 6.42 Å². The average molecular weight is 298 g/mol. The van der Waals surface area contributed by atoms with Gasteiger partial charge in [0.2, 0.25) is 0 Å². The molecule has 0 heterocycles. The number of benzene rings is 1. The summed E-state index contributed by atoms with van der Waals surface area (Å²) in [5, 5.41) is 22.4. The molecule has 1 unspecified atom stereocenters. The van der Waals surface area contributed by atoms with Gasteiger partial charge in [0.1, 0.15) is 17.5 Å². The second-order valence-corrected chi connectivity index (χ2v) is 4.10. The van der Waals surface area contributed by atoms with Crippen LogP contribution in [0.15, 0.2) is 18.2 Å². The van der Waals surface area contributed by atoms with Crippen LogP contribution in [-0.4, -0.2) is 49.1 Å². The lowest BCUT2D eigenvalue weighted by molar-refractivity contribution is -0.139. The molecule has 8 heteroatoms. The number of hydrogen-bond donors (Lipinski definition) is 4. The van der Waals surface area contributed by atoms with Crippen LogP contribution in [0, 0.1) is 0 Å². The van der Waals surface area contributed by atoms with E-state index in [4.69, 9.17) is 19.7 Å². The summed E-state index contributed by atoms with van der Waals surface area (Å²) in [7, 11) is 2.95. The molecule has 116 valence electrons. The molecule has 0 radical (unpaired) electrons. The van der Waals surface area contributed by atoms with Gasteiger partial charge < -0.3 is 30.3 Å². The first-order chi connectivity index (χ1) is 9.99. The summed E-state index contributed by atoms with van der Waals surface area (Å²) in [4.78, 5) is 22.6. The van der Waals surface area contributed by atoms with Crippen LogP contribution in [-0.2, 0) is 4.79 Å². The first-order valence-corrected chi connectivity index (χ1v) is 6.14. The predicted molar refractivity (Wildman–Crippen MR) is 74.8 cm³/mol. The number of aliphatic hydroxyl groups is 1. The second-order valence-electron chi connectivity index (χ2n) is 4.10. The molecule has 21 heavy (non-hydrogen) atoms. The fourth-order valence-corrected chi connectivity index (χ4v) is 1.59. The number of methoxy groups -OCH3 is 2. The maximum absolute atomic E-state index is 11.8. The Morgan fingerprint density at radius 1 is 1.19 bits per heavy atom. The minimum Gasteiger partial charge on any atom is -0.497 e. The van der Waals surface area contributed by atoms with E-state index in [9.17, 15) is 9.59 Å². The van der Waals surface area contributed by atoms with Crippen molar-refractivity contribution in [3.8, 4) is 11.5 Å². The molecular weight excluding hydrogens is 280 g/mol. The normalized spacial score (nSPS) is 11.4. The van der Waals surface area contributed by atoms with E-state index in [1.807, 2.05) is 0 Å². The quantitative estimate of drug-likeness (QED) is 0.587. The molecule has 0 fully saturated rings. The van der Waals surface area contributed by atoms with Gasteiger partial charge in [-0.3, -0.25) is 0 Å². The average Bonchev–Trinajstić information content (AvgIpc) is 2.46. The summed E-state index contributed by atoms with van der Waals surface area (Å²) < 4.78 is 10.1. The van der Waals surface area contributed by atoms with Crippen LogP contribution in [0.3, 0.4) is 0 Å². The van der Waals surface area contributed by atoms with Gasteiger partial charge in [-0.15, -0.1) is 0 Å². The molecule has 0 spiro atoms. The molecule has 0 saturated carbocycles. The highest BCUT2D eigenvalue weighted by Crippen LogP contribution is 2.25. The molecule has 8 nitrogen and oxygen atoms in total. The van der Waals surface area contributed by atoms with Crippen molar-refractivity contribution in [2.45, 2.75) is 12.5 Å². The topological polar surface area (TPSA) is 117 Å². The Balaban J connectivity index is 2.75. The molecule has 0 aliphatic heterocycles. The van der Waals surface area contributed by atoms with Crippen molar-refractivity contribution < 1.29 is 29.3 Å². The molecule has 4 N–H and O–H groups in total. The minimum absolute atomic E-state index is 0.0792. The highest BCUT2D eigenvalue weighted by atomic mass is 16.5. The molecule has 0 bridgehead atoms. The lowest BCUT2D eigenvalue weighted by atomic mass is 10.2. The Kier molecular flexibility index (Phi) is 6.28. The number of carbonyl (C=O) groups excluding carboxylic acids is 1. The van der Waals surface area contributed by atoms with E-state index in [-0.39, 0.29) is 13.0 Å². The Morgan fingerprint density at radius 2 is 1.76 bits per heavy atom. The Morgan fingerprint density at radius 3 is 2.19 bits per heavy atom. The third-order valence-corrected chi connectivity index (χ3v) is 2.63. The van der Waals surface area contributed by atoms with Crippen molar-refractivity contribution in [2.75, 3.05) is 26.1 Å². The number of hydrogen-bond acceptors (Lipinski definition) is 5. The number of amides is 2. The van der Waals surface area contributed by atoms with E-state index < -0.39 is 18.0 Å². The molecule has 1 rings (SSSR count). The van der Waals surface area contributed by atoms with Gasteiger partial charge in [0.25, 0.3) is 0 Å². The molecule has 0 aliphatic carbocycles. The van der Waals surface area contributed by atoms with Crippen LogP contribution in [0.25, 0.3) is 0 Å². The number of aliphatic carboxylic acids is 1. The van der Waals surface area contributed by atoms with Crippen molar-refractivity contribution in [1.82, 2.24) is 5.32 Å². The number of aliphatic hydroxyl groups excluding tert-OH is 1.